The van der Waals surface area contributed by atoms with Crippen LogP contribution in [0, 0.1) is 22.7 Å². The van der Waals surface area contributed by atoms with E-state index in [2.05, 4.69) is 20.8 Å². The number of rotatable bonds is 4. The van der Waals surface area contributed by atoms with Crippen molar-refractivity contribution in [2.45, 2.75) is 46.5 Å². The highest BCUT2D eigenvalue weighted by Crippen LogP contribution is 2.60. The smallest absolute Gasteiger partial charge is 0.0464 e. The van der Waals surface area contributed by atoms with Crippen LogP contribution in [0.1, 0.15) is 46.5 Å². The highest BCUT2D eigenvalue weighted by molar-refractivity contribution is 5.01. The number of aliphatic hydroxyl groups is 1. The van der Waals surface area contributed by atoms with Crippen LogP contribution in [0.3, 0.4) is 0 Å². The van der Waals surface area contributed by atoms with Crippen LogP contribution in [0.4, 0.5) is 0 Å². The third kappa shape index (κ3) is 1.76. The van der Waals surface area contributed by atoms with Gasteiger partial charge in [0.1, 0.15) is 0 Å². The van der Waals surface area contributed by atoms with E-state index >= 15 is 0 Å². The van der Waals surface area contributed by atoms with Crippen molar-refractivity contribution < 1.29 is 5.11 Å². The third-order valence-electron chi connectivity index (χ3n) is 4.54. The molecule has 0 radical (unpaired) electrons. The van der Waals surface area contributed by atoms with E-state index < -0.39 is 0 Å². The molecular weight excluding hydrogens is 160 g/mol. The van der Waals surface area contributed by atoms with Crippen molar-refractivity contribution in [1.29, 1.82) is 0 Å². The molecule has 2 rings (SSSR count). The Morgan fingerprint density at radius 1 is 1.15 bits per heavy atom. The summed E-state index contributed by atoms with van der Waals surface area (Å²) >= 11 is 0. The molecular formula is C12H22O. The summed E-state index contributed by atoms with van der Waals surface area (Å²) in [6, 6.07) is 0. The summed E-state index contributed by atoms with van der Waals surface area (Å²) in [5, 5.41) is 9.03. The Balaban J connectivity index is 1.70. The molecule has 0 aromatic rings. The number of aliphatic hydroxyl groups excluding tert-OH is 1. The Morgan fingerprint density at radius 2 is 1.77 bits per heavy atom. The van der Waals surface area contributed by atoms with Crippen LogP contribution in [0.15, 0.2) is 0 Å². The summed E-state index contributed by atoms with van der Waals surface area (Å²) < 4.78 is 0. The van der Waals surface area contributed by atoms with Gasteiger partial charge in [-0.1, -0.05) is 20.8 Å². The zero-order valence-electron chi connectivity index (χ0n) is 9.14. The molecule has 3 atom stereocenters. The zero-order valence-corrected chi connectivity index (χ0v) is 9.14. The molecule has 2 saturated carbocycles. The average molecular weight is 182 g/mol. The Kier molecular flexibility index (Phi) is 1.99. The van der Waals surface area contributed by atoms with Gasteiger partial charge >= 0.3 is 0 Å². The fraction of sp³-hybridized carbons (Fsp3) is 1.00. The van der Waals surface area contributed by atoms with Gasteiger partial charge in [0.25, 0.3) is 0 Å². The molecule has 76 valence electrons. The first-order chi connectivity index (χ1) is 5.98. The minimum Gasteiger partial charge on any atom is -0.396 e. The molecule has 0 unspecified atom stereocenters. The van der Waals surface area contributed by atoms with Crippen LogP contribution in [0.5, 0.6) is 0 Å². The lowest BCUT2D eigenvalue weighted by Gasteiger charge is -2.10. The van der Waals surface area contributed by atoms with Crippen molar-refractivity contribution in [3.8, 4) is 0 Å². The van der Waals surface area contributed by atoms with Crippen molar-refractivity contribution in [3.05, 3.63) is 0 Å². The van der Waals surface area contributed by atoms with Crippen LogP contribution in [0.2, 0.25) is 0 Å². The van der Waals surface area contributed by atoms with Crippen LogP contribution >= 0.6 is 0 Å². The SMILES string of the molecule is CC1(C)C[C@H]1CC[C@]1(C)C[C@@H]1CO. The summed E-state index contributed by atoms with van der Waals surface area (Å²) in [5.41, 5.74) is 1.15. The first-order valence-electron chi connectivity index (χ1n) is 5.59. The molecule has 13 heavy (non-hydrogen) atoms. The predicted molar refractivity (Wildman–Crippen MR) is 54.4 cm³/mol. The van der Waals surface area contributed by atoms with Gasteiger partial charge in [-0.15, -0.1) is 0 Å². The normalized spacial score (nSPS) is 46.2. The number of hydrogen-bond acceptors (Lipinski definition) is 1. The van der Waals surface area contributed by atoms with Crippen LogP contribution in [0.25, 0.3) is 0 Å². The van der Waals surface area contributed by atoms with Crippen molar-refractivity contribution in [2.75, 3.05) is 6.61 Å². The lowest BCUT2D eigenvalue weighted by atomic mass is 9.96. The van der Waals surface area contributed by atoms with E-state index in [1.807, 2.05) is 0 Å². The summed E-state index contributed by atoms with van der Waals surface area (Å²) in [6.45, 7) is 7.49. The monoisotopic (exact) mass is 182 g/mol. The molecule has 1 heteroatoms. The second kappa shape index (κ2) is 2.73. The highest BCUT2D eigenvalue weighted by atomic mass is 16.3. The molecule has 2 aliphatic rings. The molecule has 0 aromatic carbocycles. The van der Waals surface area contributed by atoms with Gasteiger partial charge in [0, 0.05) is 6.61 Å². The highest BCUT2D eigenvalue weighted by Gasteiger charge is 2.51. The average Bonchev–Trinajstić information content (AvgIpc) is 2.87. The van der Waals surface area contributed by atoms with Gasteiger partial charge in [-0.3, -0.25) is 0 Å². The zero-order chi connectivity index (χ0) is 9.69. The van der Waals surface area contributed by atoms with Crippen LogP contribution in [-0.4, -0.2) is 11.7 Å². The lowest BCUT2D eigenvalue weighted by molar-refractivity contribution is 0.246. The molecule has 1 nitrogen and oxygen atoms in total. The van der Waals surface area contributed by atoms with Crippen molar-refractivity contribution in [2.24, 2.45) is 22.7 Å². The molecule has 0 heterocycles. The van der Waals surface area contributed by atoms with Gasteiger partial charge in [0.15, 0.2) is 0 Å². The molecule has 2 aliphatic carbocycles. The minimum absolute atomic E-state index is 0.407. The van der Waals surface area contributed by atoms with Gasteiger partial charge in [0.05, 0.1) is 0 Å². The topological polar surface area (TPSA) is 20.2 Å². The molecule has 2 fully saturated rings. The quantitative estimate of drug-likeness (QED) is 0.709. The minimum atomic E-state index is 0.407. The standard InChI is InChI=1S/C12H22O/c1-11(2)6-9(11)4-5-12(3)7-10(12)8-13/h9-10,13H,4-8H2,1-3H3/t9-,10-,12-/m1/s1. The molecule has 0 aliphatic heterocycles. The van der Waals surface area contributed by atoms with Crippen molar-refractivity contribution in [1.82, 2.24) is 0 Å². The molecule has 0 amide bonds. The summed E-state index contributed by atoms with van der Waals surface area (Å²) in [4.78, 5) is 0. The van der Waals surface area contributed by atoms with Gasteiger partial charge in [-0.25, -0.2) is 0 Å². The number of hydrogen-bond donors (Lipinski definition) is 1. The van der Waals surface area contributed by atoms with E-state index in [0.717, 1.165) is 5.92 Å². The largest absolute Gasteiger partial charge is 0.396 e. The van der Waals surface area contributed by atoms with Crippen LogP contribution in [-0.2, 0) is 0 Å². The first kappa shape index (κ1) is 9.51. The van der Waals surface area contributed by atoms with Crippen LogP contribution < -0.4 is 0 Å². The lowest BCUT2D eigenvalue weighted by Crippen LogP contribution is -2.02. The Labute approximate surface area is 81.5 Å². The maximum atomic E-state index is 9.03. The first-order valence-corrected chi connectivity index (χ1v) is 5.59. The summed E-state index contributed by atoms with van der Waals surface area (Å²) in [6.07, 6.45) is 5.41. The Bertz CT molecular complexity index is 209. The maximum absolute atomic E-state index is 9.03. The van der Waals surface area contributed by atoms with E-state index in [-0.39, 0.29) is 0 Å². The Morgan fingerprint density at radius 3 is 2.15 bits per heavy atom. The van der Waals surface area contributed by atoms with Gasteiger partial charge < -0.3 is 5.11 Å². The second-order valence-electron chi connectivity index (χ2n) is 6.17. The van der Waals surface area contributed by atoms with E-state index in [1.54, 1.807) is 0 Å². The van der Waals surface area contributed by atoms with Gasteiger partial charge in [0.2, 0.25) is 0 Å². The Hall–Kier alpha value is -0.0400. The maximum Gasteiger partial charge on any atom is 0.0464 e. The summed E-state index contributed by atoms with van der Waals surface area (Å²) in [5.74, 6) is 1.60. The van der Waals surface area contributed by atoms with E-state index in [9.17, 15) is 0 Å². The summed E-state index contributed by atoms with van der Waals surface area (Å²) in [7, 11) is 0. The van der Waals surface area contributed by atoms with E-state index in [0.29, 0.717) is 23.4 Å². The molecule has 0 saturated heterocycles. The van der Waals surface area contributed by atoms with Gasteiger partial charge in [-0.05, 0) is 48.3 Å². The molecule has 0 spiro atoms. The van der Waals surface area contributed by atoms with Crippen molar-refractivity contribution in [3.63, 3.8) is 0 Å². The third-order valence-corrected chi connectivity index (χ3v) is 4.54. The molecule has 1 N–H and O–H groups in total. The van der Waals surface area contributed by atoms with E-state index in [4.69, 9.17) is 5.11 Å². The fourth-order valence-electron chi connectivity index (χ4n) is 2.67. The second-order valence-corrected chi connectivity index (χ2v) is 6.17. The van der Waals surface area contributed by atoms with Gasteiger partial charge in [-0.2, -0.15) is 0 Å². The fourth-order valence-corrected chi connectivity index (χ4v) is 2.67. The molecule has 0 aromatic heterocycles. The predicted octanol–water partition coefficient (Wildman–Crippen LogP) is 2.83. The van der Waals surface area contributed by atoms with E-state index in [1.165, 1.54) is 25.7 Å². The molecule has 0 bridgehead atoms. The van der Waals surface area contributed by atoms with Crippen molar-refractivity contribution >= 4 is 0 Å².